The van der Waals surface area contributed by atoms with Gasteiger partial charge in [0.25, 0.3) is 5.91 Å². The Labute approximate surface area is 241 Å². The Kier molecular flexibility index (Phi) is 8.69. The highest BCUT2D eigenvalue weighted by atomic mass is 31.2. The summed E-state index contributed by atoms with van der Waals surface area (Å²) in [6, 6.07) is 9.88. The summed E-state index contributed by atoms with van der Waals surface area (Å²) >= 11 is 0. The zero-order chi connectivity index (χ0) is 30.9. The summed E-state index contributed by atoms with van der Waals surface area (Å²) in [4.78, 5) is 32.1. The van der Waals surface area contributed by atoms with E-state index in [1.165, 1.54) is 24.8 Å². The topological polar surface area (TPSA) is 128 Å². The quantitative estimate of drug-likeness (QED) is 0.196. The lowest BCUT2D eigenvalue weighted by molar-refractivity contribution is -0.137. The Morgan fingerprint density at radius 2 is 1.81 bits per heavy atom. The maximum absolute atomic E-state index is 13.9. The van der Waals surface area contributed by atoms with Crippen LogP contribution in [0.15, 0.2) is 42.6 Å². The van der Waals surface area contributed by atoms with Gasteiger partial charge in [-0.1, -0.05) is 30.9 Å². The Balaban J connectivity index is 1.65. The highest BCUT2D eigenvalue weighted by Crippen LogP contribution is 2.40. The van der Waals surface area contributed by atoms with Crippen LogP contribution in [0.1, 0.15) is 53.4 Å². The van der Waals surface area contributed by atoms with Crippen LogP contribution in [-0.4, -0.2) is 55.7 Å². The predicted molar refractivity (Wildman–Crippen MR) is 154 cm³/mol. The number of carbonyl (C=O) groups excluding carboxylic acids is 1. The fourth-order valence-electron chi connectivity index (χ4n) is 4.22. The summed E-state index contributed by atoms with van der Waals surface area (Å²) in [6.07, 6.45) is -3.36. The maximum atomic E-state index is 13.9. The molecule has 3 aromatic rings. The molecule has 1 unspecified atom stereocenters. The van der Waals surface area contributed by atoms with Gasteiger partial charge in [-0.2, -0.15) is 18.2 Å². The van der Waals surface area contributed by atoms with Crippen LogP contribution in [0.3, 0.4) is 0 Å². The molecule has 4 rings (SSSR count). The van der Waals surface area contributed by atoms with Crippen LogP contribution in [0.4, 0.5) is 36.3 Å². The lowest BCUT2D eigenvalue weighted by Crippen LogP contribution is -2.18. The number of nitrogens with zero attached hydrogens (tertiary/aromatic N) is 3. The Hall–Kier alpha value is -3.91. The van der Waals surface area contributed by atoms with Gasteiger partial charge in [0.15, 0.2) is 0 Å². The van der Waals surface area contributed by atoms with E-state index in [9.17, 15) is 32.5 Å². The monoisotopic (exact) mass is 601 g/mol. The summed E-state index contributed by atoms with van der Waals surface area (Å²) in [5.41, 5.74) is 0.249. The molecule has 9 nitrogen and oxygen atoms in total. The maximum Gasteiger partial charge on any atom is 0.421 e. The number of amides is 1. The number of anilines is 4. The van der Waals surface area contributed by atoms with Gasteiger partial charge >= 0.3 is 6.18 Å². The molecular weight excluding hydrogens is 570 g/mol. The SMILES string of the molecule is CCP(=O)(O)CCc1ccc(Nc2ncc(C(F)(F)F)c(Nc3ccc(C#CC(C)(C)O)c4c3C(=O)N(C)C4)n2)cc1. The lowest BCUT2D eigenvalue weighted by Gasteiger charge is -2.17. The van der Waals surface area contributed by atoms with E-state index >= 15 is 0 Å². The van der Waals surface area contributed by atoms with Crippen LogP contribution in [-0.2, 0) is 23.7 Å². The third-order valence-corrected chi connectivity index (χ3v) is 8.48. The molecule has 0 saturated heterocycles. The predicted octanol–water partition coefficient (Wildman–Crippen LogP) is 5.52. The lowest BCUT2D eigenvalue weighted by atomic mass is 10.00. The molecule has 0 radical (unpaired) electrons. The number of nitrogens with one attached hydrogen (secondary N) is 2. The first-order valence-corrected chi connectivity index (χ1v) is 15.1. The van der Waals surface area contributed by atoms with Gasteiger partial charge in [0.1, 0.15) is 17.0 Å². The van der Waals surface area contributed by atoms with Crippen molar-refractivity contribution in [3.63, 3.8) is 0 Å². The molecule has 0 bridgehead atoms. The number of aliphatic hydroxyl groups is 1. The fourth-order valence-corrected chi connectivity index (χ4v) is 5.14. The highest BCUT2D eigenvalue weighted by molar-refractivity contribution is 7.57. The van der Waals surface area contributed by atoms with Crippen molar-refractivity contribution in [3.05, 3.63) is 70.4 Å². The second-order valence-electron chi connectivity index (χ2n) is 10.5. The molecule has 2 heterocycles. The van der Waals surface area contributed by atoms with E-state index in [2.05, 4.69) is 32.4 Å². The first kappa shape index (κ1) is 31.0. The molecule has 0 aliphatic carbocycles. The van der Waals surface area contributed by atoms with Crippen LogP contribution in [0, 0.1) is 11.8 Å². The van der Waals surface area contributed by atoms with Crippen LogP contribution < -0.4 is 10.6 Å². The Morgan fingerprint density at radius 3 is 2.43 bits per heavy atom. The van der Waals surface area contributed by atoms with Crippen molar-refractivity contribution in [2.45, 2.75) is 45.5 Å². The minimum Gasteiger partial charge on any atom is -0.378 e. The first-order chi connectivity index (χ1) is 19.6. The average Bonchev–Trinajstić information content (AvgIpc) is 3.21. The van der Waals surface area contributed by atoms with Crippen LogP contribution in [0.25, 0.3) is 0 Å². The van der Waals surface area contributed by atoms with E-state index in [0.29, 0.717) is 29.4 Å². The molecule has 2 aromatic carbocycles. The molecule has 0 fully saturated rings. The van der Waals surface area contributed by atoms with Gasteiger partial charge in [-0.3, -0.25) is 9.36 Å². The average molecular weight is 602 g/mol. The molecule has 42 heavy (non-hydrogen) atoms. The van der Waals surface area contributed by atoms with Gasteiger partial charge in [0.05, 0.1) is 11.3 Å². The zero-order valence-electron chi connectivity index (χ0n) is 23.5. The molecule has 1 aromatic heterocycles. The van der Waals surface area contributed by atoms with Crippen molar-refractivity contribution in [1.82, 2.24) is 14.9 Å². The van der Waals surface area contributed by atoms with E-state index in [1.54, 1.807) is 44.3 Å². The standard InChI is InChI=1S/C29H31F3N5O4P/c1-5-42(40,41)15-13-18-6-9-20(10-7-18)34-27-33-16-22(29(30,31)32)25(36-27)35-23-11-8-19(12-14-28(2,3)39)21-17-37(4)26(38)24(21)23/h6-11,16,39H,5,13,15,17H2,1-4H3,(H,40,41)(H2,33,34,35,36). The molecule has 222 valence electrons. The van der Waals surface area contributed by atoms with Crippen molar-refractivity contribution in [1.29, 1.82) is 0 Å². The van der Waals surface area contributed by atoms with Crippen molar-refractivity contribution in [3.8, 4) is 11.8 Å². The number of alkyl halides is 3. The molecular formula is C29H31F3N5O4P. The Bertz CT molecular complexity index is 1610. The molecule has 1 atom stereocenters. The molecule has 4 N–H and O–H groups in total. The normalized spacial score (nSPS) is 14.6. The van der Waals surface area contributed by atoms with E-state index in [-0.39, 0.29) is 36.1 Å². The van der Waals surface area contributed by atoms with Gasteiger partial charge in [0, 0.05) is 48.9 Å². The number of benzene rings is 2. The van der Waals surface area contributed by atoms with Gasteiger partial charge in [-0.15, -0.1) is 0 Å². The third-order valence-electron chi connectivity index (χ3n) is 6.57. The Morgan fingerprint density at radius 1 is 1.12 bits per heavy atom. The molecule has 0 spiro atoms. The molecule has 1 aliphatic rings. The van der Waals surface area contributed by atoms with Crippen LogP contribution in [0.2, 0.25) is 0 Å². The van der Waals surface area contributed by atoms with Crippen molar-refractivity contribution >= 4 is 36.4 Å². The van der Waals surface area contributed by atoms with Gasteiger partial charge in [-0.05, 0) is 50.1 Å². The highest BCUT2D eigenvalue weighted by Gasteiger charge is 2.36. The van der Waals surface area contributed by atoms with Crippen molar-refractivity contribution in [2.24, 2.45) is 0 Å². The summed E-state index contributed by atoms with van der Waals surface area (Å²) in [5, 5.41) is 15.6. The molecule has 1 amide bonds. The first-order valence-electron chi connectivity index (χ1n) is 13.1. The second kappa shape index (κ2) is 11.8. The number of rotatable bonds is 8. The van der Waals surface area contributed by atoms with E-state index in [4.69, 9.17) is 0 Å². The van der Waals surface area contributed by atoms with Gasteiger partial charge in [0.2, 0.25) is 13.3 Å². The fraction of sp³-hybridized carbons (Fsp3) is 0.345. The van der Waals surface area contributed by atoms with Crippen molar-refractivity contribution in [2.75, 3.05) is 30.0 Å². The zero-order valence-corrected chi connectivity index (χ0v) is 24.4. The minimum absolute atomic E-state index is 0.114. The molecule has 0 saturated carbocycles. The summed E-state index contributed by atoms with van der Waals surface area (Å²) < 4.78 is 53.7. The van der Waals surface area contributed by atoms with Crippen LogP contribution >= 0.6 is 7.37 Å². The van der Waals surface area contributed by atoms with E-state index in [0.717, 1.165) is 5.56 Å². The summed E-state index contributed by atoms with van der Waals surface area (Å²) in [6.45, 7) is 4.90. The molecule has 13 heteroatoms. The number of fused-ring (bicyclic) bond motifs is 1. The van der Waals surface area contributed by atoms with Crippen molar-refractivity contribution < 1.29 is 32.5 Å². The van der Waals surface area contributed by atoms with Gasteiger partial charge in [-0.25, -0.2) is 4.98 Å². The number of hydrogen-bond acceptors (Lipinski definition) is 7. The van der Waals surface area contributed by atoms with E-state index in [1.807, 2.05) is 0 Å². The number of carbonyl (C=O) groups is 1. The van der Waals surface area contributed by atoms with E-state index < -0.39 is 36.4 Å². The number of halogens is 3. The minimum atomic E-state index is -4.78. The number of hydrogen-bond donors (Lipinski definition) is 4. The molecule has 1 aliphatic heterocycles. The smallest absolute Gasteiger partial charge is 0.378 e. The number of aromatic nitrogens is 2. The second-order valence-corrected chi connectivity index (χ2v) is 13.3. The summed E-state index contributed by atoms with van der Waals surface area (Å²) in [5.74, 6) is 4.51. The number of aryl methyl sites for hydroxylation is 1. The van der Waals surface area contributed by atoms with Crippen LogP contribution in [0.5, 0.6) is 0 Å². The third kappa shape index (κ3) is 7.48. The van der Waals surface area contributed by atoms with Gasteiger partial charge < -0.3 is 25.5 Å². The largest absolute Gasteiger partial charge is 0.421 e. The summed E-state index contributed by atoms with van der Waals surface area (Å²) in [7, 11) is -1.59.